The Hall–Kier alpha value is -3.56. The molecule has 2 aliphatic heterocycles. The number of carbonyl (C=O) groups excluding carboxylic acids is 3. The van der Waals surface area contributed by atoms with E-state index in [4.69, 9.17) is 4.74 Å². The molecule has 1 aromatic heterocycles. The first-order valence-corrected chi connectivity index (χ1v) is 14.1. The first-order chi connectivity index (χ1) is 18.6. The van der Waals surface area contributed by atoms with Crippen LogP contribution in [0.2, 0.25) is 0 Å². The summed E-state index contributed by atoms with van der Waals surface area (Å²) < 4.78 is 7.65. The quantitative estimate of drug-likeness (QED) is 0.451. The number of rotatable bonds is 9. The molecule has 208 valence electrons. The van der Waals surface area contributed by atoms with Crippen LogP contribution in [0.25, 0.3) is 0 Å². The van der Waals surface area contributed by atoms with Crippen LogP contribution in [0.1, 0.15) is 81.5 Å². The highest BCUT2D eigenvalue weighted by molar-refractivity contribution is 6.01. The first-order valence-electron chi connectivity index (χ1n) is 14.1. The number of hydrogen-bond donors (Lipinski definition) is 3. The summed E-state index contributed by atoms with van der Waals surface area (Å²) in [6.45, 7) is 8.93. The molecule has 2 aromatic rings. The maximum absolute atomic E-state index is 13.8. The van der Waals surface area contributed by atoms with Gasteiger partial charge in [-0.05, 0) is 83.3 Å². The number of carbonyl (C=O) groups is 3. The van der Waals surface area contributed by atoms with Crippen molar-refractivity contribution in [1.29, 1.82) is 0 Å². The van der Waals surface area contributed by atoms with Crippen molar-refractivity contribution >= 4 is 23.5 Å². The van der Waals surface area contributed by atoms with Gasteiger partial charge in [-0.15, -0.1) is 0 Å². The van der Waals surface area contributed by atoms with Gasteiger partial charge >= 0.3 is 6.03 Å². The van der Waals surface area contributed by atoms with E-state index in [-0.39, 0.29) is 41.4 Å². The Kier molecular flexibility index (Phi) is 6.31. The van der Waals surface area contributed by atoms with E-state index in [9.17, 15) is 14.4 Å². The minimum absolute atomic E-state index is 0.0311. The smallest absolute Gasteiger partial charge is 0.318 e. The molecule has 6 rings (SSSR count). The number of ether oxygens (including phenoxy) is 1. The molecule has 0 spiro atoms. The van der Waals surface area contributed by atoms with Crippen molar-refractivity contribution in [3.05, 3.63) is 41.7 Å². The lowest BCUT2D eigenvalue weighted by atomic mass is 9.88. The molecule has 3 fully saturated rings. The maximum Gasteiger partial charge on any atom is 0.318 e. The van der Waals surface area contributed by atoms with Crippen LogP contribution in [0.3, 0.4) is 0 Å². The molecule has 3 N–H and O–H groups in total. The highest BCUT2D eigenvalue weighted by atomic mass is 16.5. The third-order valence-corrected chi connectivity index (χ3v) is 8.36. The fraction of sp³-hybridized carbons (Fsp3) is 0.586. The van der Waals surface area contributed by atoms with Gasteiger partial charge in [0.05, 0.1) is 11.6 Å². The molecule has 0 unspecified atom stereocenters. The summed E-state index contributed by atoms with van der Waals surface area (Å²) in [6.07, 6.45) is 6.01. The Balaban J connectivity index is 1.21. The van der Waals surface area contributed by atoms with Gasteiger partial charge in [-0.2, -0.15) is 5.10 Å². The maximum atomic E-state index is 13.8. The Morgan fingerprint density at radius 1 is 1.13 bits per heavy atom. The second kappa shape index (κ2) is 9.57. The molecule has 2 aliphatic carbocycles. The molecule has 2 saturated carbocycles. The van der Waals surface area contributed by atoms with Gasteiger partial charge in [0.15, 0.2) is 0 Å². The van der Waals surface area contributed by atoms with E-state index in [1.54, 1.807) is 16.9 Å². The number of amides is 4. The highest BCUT2D eigenvalue weighted by Crippen LogP contribution is 2.51. The topological polar surface area (TPSA) is 118 Å². The van der Waals surface area contributed by atoms with Crippen molar-refractivity contribution in [2.45, 2.75) is 77.0 Å². The van der Waals surface area contributed by atoms with Crippen LogP contribution in [0.5, 0.6) is 5.75 Å². The van der Waals surface area contributed by atoms with E-state index in [0.29, 0.717) is 42.1 Å². The number of nitrogens with one attached hydrogen (secondary N) is 3. The largest absolute Gasteiger partial charge is 0.491 e. The van der Waals surface area contributed by atoms with E-state index in [0.717, 1.165) is 31.2 Å². The lowest BCUT2D eigenvalue weighted by Gasteiger charge is -2.28. The number of anilines is 1. The minimum atomic E-state index is -0.634. The van der Waals surface area contributed by atoms with Crippen LogP contribution >= 0.6 is 0 Å². The predicted octanol–water partition coefficient (Wildman–Crippen LogP) is 3.87. The summed E-state index contributed by atoms with van der Waals surface area (Å²) in [5, 5.41) is 13.5. The van der Waals surface area contributed by atoms with Crippen molar-refractivity contribution in [1.82, 2.24) is 25.3 Å². The highest BCUT2D eigenvalue weighted by Gasteiger charge is 2.48. The van der Waals surface area contributed by atoms with Crippen molar-refractivity contribution in [3.63, 3.8) is 0 Å². The van der Waals surface area contributed by atoms with Crippen LogP contribution in [-0.4, -0.2) is 57.3 Å². The third kappa shape index (κ3) is 5.08. The Morgan fingerprint density at radius 2 is 1.85 bits per heavy atom. The van der Waals surface area contributed by atoms with Crippen LogP contribution in [0, 0.1) is 17.8 Å². The number of aromatic nitrogens is 2. The summed E-state index contributed by atoms with van der Waals surface area (Å²) in [5.41, 5.74) is 1.71. The molecule has 0 bridgehead atoms. The molecular weight excluding hydrogens is 496 g/mol. The molecule has 4 amide bonds. The minimum Gasteiger partial charge on any atom is -0.491 e. The monoisotopic (exact) mass is 534 g/mol. The molecular formula is C29H38N6O4. The lowest BCUT2D eigenvalue weighted by Crippen LogP contribution is -2.50. The van der Waals surface area contributed by atoms with Gasteiger partial charge < -0.3 is 25.6 Å². The fourth-order valence-electron chi connectivity index (χ4n) is 6.25. The van der Waals surface area contributed by atoms with Gasteiger partial charge in [-0.1, -0.05) is 6.07 Å². The number of nitrogens with zero attached hydrogens (tertiary/aromatic N) is 3. The summed E-state index contributed by atoms with van der Waals surface area (Å²) in [4.78, 5) is 41.5. The fourth-order valence-corrected chi connectivity index (χ4v) is 6.25. The molecule has 2 atom stereocenters. The van der Waals surface area contributed by atoms with E-state index >= 15 is 0 Å². The molecule has 4 aliphatic rings. The number of urea groups is 1. The van der Waals surface area contributed by atoms with E-state index < -0.39 is 6.04 Å². The summed E-state index contributed by atoms with van der Waals surface area (Å²) in [6, 6.07) is 6.43. The molecule has 1 aromatic carbocycles. The van der Waals surface area contributed by atoms with Gasteiger partial charge in [0, 0.05) is 36.1 Å². The normalized spacial score (nSPS) is 22.5. The summed E-state index contributed by atoms with van der Waals surface area (Å²) >= 11 is 0. The zero-order chi connectivity index (χ0) is 27.5. The molecule has 0 radical (unpaired) electrons. The Bertz CT molecular complexity index is 1280. The molecule has 10 nitrogen and oxygen atoms in total. The molecule has 1 saturated heterocycles. The molecule has 10 heteroatoms. The van der Waals surface area contributed by atoms with Gasteiger partial charge in [0.1, 0.15) is 24.1 Å². The van der Waals surface area contributed by atoms with Crippen LogP contribution in [0.15, 0.2) is 30.5 Å². The SMILES string of the molecule is CC(C)n1nccc1C(=O)N[C@H](C(=O)Nc1ccc2c(c1)OC[C@H]2N1CC(C)(C)NC1=O)C(C1CC1)C1CC1. The summed E-state index contributed by atoms with van der Waals surface area (Å²) in [5.74, 6) is 1.22. The van der Waals surface area contributed by atoms with Gasteiger partial charge in [-0.25, -0.2) is 4.79 Å². The van der Waals surface area contributed by atoms with Crippen molar-refractivity contribution in [2.75, 3.05) is 18.5 Å². The van der Waals surface area contributed by atoms with Gasteiger partial charge in [0.25, 0.3) is 5.91 Å². The van der Waals surface area contributed by atoms with Crippen LogP contribution < -0.4 is 20.7 Å². The van der Waals surface area contributed by atoms with Crippen LogP contribution in [-0.2, 0) is 4.79 Å². The Labute approximate surface area is 228 Å². The molecule has 3 heterocycles. The number of hydrogen-bond acceptors (Lipinski definition) is 5. The summed E-state index contributed by atoms with van der Waals surface area (Å²) in [7, 11) is 0. The number of benzene rings is 1. The predicted molar refractivity (Wildman–Crippen MR) is 145 cm³/mol. The van der Waals surface area contributed by atoms with Crippen molar-refractivity contribution in [3.8, 4) is 5.75 Å². The zero-order valence-electron chi connectivity index (χ0n) is 23.1. The second-order valence-corrected chi connectivity index (χ2v) is 12.5. The average Bonchev–Trinajstić information content (AvgIpc) is 3.78. The van der Waals surface area contributed by atoms with E-state index in [2.05, 4.69) is 21.0 Å². The molecule has 39 heavy (non-hydrogen) atoms. The third-order valence-electron chi connectivity index (χ3n) is 8.36. The second-order valence-electron chi connectivity index (χ2n) is 12.5. The van der Waals surface area contributed by atoms with Gasteiger partial charge in [0.2, 0.25) is 5.91 Å². The lowest BCUT2D eigenvalue weighted by molar-refractivity contribution is -0.119. The standard InChI is InChI=1S/C29H38N6O4/c1-16(2)35-21(11-12-30-35)26(36)32-25(24(17-5-6-17)18-7-8-18)27(37)31-19-9-10-20-22(14-39-23(20)13-19)34-15-29(3,4)33-28(34)38/h9-13,16-18,22,24-25H,5-8,14-15H2,1-4H3,(H,31,37)(H,32,36)(H,33,38)/t22-,25+/m1/s1. The average molecular weight is 535 g/mol. The van der Waals surface area contributed by atoms with Crippen molar-refractivity contribution in [2.24, 2.45) is 17.8 Å². The zero-order valence-corrected chi connectivity index (χ0v) is 23.1. The van der Waals surface area contributed by atoms with Crippen molar-refractivity contribution < 1.29 is 19.1 Å². The first kappa shape index (κ1) is 25.7. The van der Waals surface area contributed by atoms with Crippen LogP contribution in [0.4, 0.5) is 10.5 Å². The van der Waals surface area contributed by atoms with Gasteiger partial charge in [-0.3, -0.25) is 14.3 Å². The number of fused-ring (bicyclic) bond motifs is 1. The van der Waals surface area contributed by atoms with E-state index in [1.807, 2.05) is 50.8 Å². The van der Waals surface area contributed by atoms with E-state index in [1.165, 1.54) is 0 Å². The Morgan fingerprint density at radius 3 is 2.46 bits per heavy atom.